The van der Waals surface area contributed by atoms with Gasteiger partial charge in [0, 0.05) is 18.0 Å². The number of carbonyl (C=O) groups is 1. The number of ketones is 1. The number of hydrogen-bond acceptors (Lipinski definition) is 3. The Labute approximate surface area is 145 Å². The monoisotopic (exact) mass is 333 g/mol. The van der Waals surface area contributed by atoms with E-state index >= 15 is 0 Å². The lowest BCUT2D eigenvalue weighted by atomic mass is 10.1. The van der Waals surface area contributed by atoms with Crippen molar-refractivity contribution >= 4 is 11.9 Å². The fourth-order valence-corrected chi connectivity index (χ4v) is 2.24. The molecule has 4 heteroatoms. The van der Waals surface area contributed by atoms with Crippen LogP contribution in [0.5, 0.6) is 5.75 Å². The summed E-state index contributed by atoms with van der Waals surface area (Å²) in [5.41, 5.74) is 2.34. The van der Waals surface area contributed by atoms with Gasteiger partial charge in [-0.2, -0.15) is 0 Å². The summed E-state index contributed by atoms with van der Waals surface area (Å²) in [5, 5.41) is 0. The number of halogens is 1. The van der Waals surface area contributed by atoms with E-state index in [0.29, 0.717) is 17.9 Å². The topological polar surface area (TPSA) is 39.2 Å². The van der Waals surface area contributed by atoms with Gasteiger partial charge in [-0.1, -0.05) is 30.3 Å². The van der Waals surface area contributed by atoms with Gasteiger partial charge in [0.1, 0.15) is 18.2 Å². The number of ether oxygens (including phenoxy) is 1. The summed E-state index contributed by atoms with van der Waals surface area (Å²) in [4.78, 5) is 16.0. The molecule has 0 fully saturated rings. The molecule has 0 aliphatic rings. The van der Waals surface area contributed by atoms with Crippen molar-refractivity contribution in [3.8, 4) is 5.75 Å². The van der Waals surface area contributed by atoms with Crippen molar-refractivity contribution < 1.29 is 13.9 Å². The lowest BCUT2D eigenvalue weighted by molar-refractivity contribution is 0.104. The van der Waals surface area contributed by atoms with Crippen molar-refractivity contribution in [1.82, 2.24) is 4.98 Å². The molecule has 0 saturated heterocycles. The summed E-state index contributed by atoms with van der Waals surface area (Å²) < 4.78 is 18.6. The quantitative estimate of drug-likeness (QED) is 0.485. The van der Waals surface area contributed by atoms with E-state index in [2.05, 4.69) is 4.98 Å². The van der Waals surface area contributed by atoms with Gasteiger partial charge in [0.15, 0.2) is 5.78 Å². The minimum absolute atomic E-state index is 0.0833. The number of nitrogens with zero attached hydrogens (tertiary/aromatic N) is 1. The lowest BCUT2D eigenvalue weighted by Crippen LogP contribution is -1.96. The zero-order chi connectivity index (χ0) is 17.5. The predicted molar refractivity (Wildman–Crippen MR) is 94.8 cm³/mol. The third-order valence-corrected chi connectivity index (χ3v) is 3.57. The molecule has 124 valence electrons. The van der Waals surface area contributed by atoms with Crippen LogP contribution in [0.4, 0.5) is 4.39 Å². The number of benzene rings is 2. The van der Waals surface area contributed by atoms with Gasteiger partial charge in [-0.3, -0.25) is 9.78 Å². The third kappa shape index (κ3) is 4.85. The Balaban J connectivity index is 1.64. The molecule has 1 aromatic heterocycles. The zero-order valence-corrected chi connectivity index (χ0v) is 13.4. The Kier molecular flexibility index (Phi) is 5.32. The maximum Gasteiger partial charge on any atom is 0.185 e. The molecule has 0 amide bonds. The highest BCUT2D eigenvalue weighted by atomic mass is 19.1. The van der Waals surface area contributed by atoms with Crippen LogP contribution in [0, 0.1) is 5.82 Å². The maximum atomic E-state index is 12.9. The maximum absolute atomic E-state index is 12.9. The number of rotatable bonds is 6. The number of allylic oxidation sites excluding steroid dienone is 1. The van der Waals surface area contributed by atoms with Gasteiger partial charge in [-0.05, 0) is 53.6 Å². The van der Waals surface area contributed by atoms with Gasteiger partial charge in [0.2, 0.25) is 0 Å². The van der Waals surface area contributed by atoms with Crippen molar-refractivity contribution in [2.75, 3.05) is 0 Å². The van der Waals surface area contributed by atoms with Gasteiger partial charge < -0.3 is 4.74 Å². The van der Waals surface area contributed by atoms with Crippen LogP contribution in [0.15, 0.2) is 79.1 Å². The van der Waals surface area contributed by atoms with E-state index in [1.54, 1.807) is 42.7 Å². The highest BCUT2D eigenvalue weighted by molar-refractivity contribution is 6.06. The summed E-state index contributed by atoms with van der Waals surface area (Å²) >= 11 is 0. The summed E-state index contributed by atoms with van der Waals surface area (Å²) in [5.74, 6) is 0.331. The molecule has 0 saturated carbocycles. The van der Waals surface area contributed by atoms with E-state index < -0.39 is 0 Å². The molecule has 0 atom stereocenters. The average molecular weight is 333 g/mol. The fraction of sp³-hybridized carbons (Fsp3) is 0.0476. The highest BCUT2D eigenvalue weighted by Crippen LogP contribution is 2.17. The van der Waals surface area contributed by atoms with E-state index in [-0.39, 0.29) is 11.6 Å². The van der Waals surface area contributed by atoms with E-state index in [0.717, 1.165) is 11.1 Å². The van der Waals surface area contributed by atoms with Gasteiger partial charge in [-0.25, -0.2) is 4.39 Å². The molecule has 0 unspecified atom stereocenters. The first-order valence-electron chi connectivity index (χ1n) is 7.80. The zero-order valence-electron chi connectivity index (χ0n) is 13.4. The number of carbonyl (C=O) groups excluding carboxylic acids is 1. The lowest BCUT2D eigenvalue weighted by Gasteiger charge is -2.07. The van der Waals surface area contributed by atoms with Gasteiger partial charge in [0.05, 0.1) is 0 Å². The molecule has 0 bridgehead atoms. The number of aromatic nitrogens is 1. The van der Waals surface area contributed by atoms with E-state index in [4.69, 9.17) is 4.74 Å². The van der Waals surface area contributed by atoms with Crippen LogP contribution < -0.4 is 4.74 Å². The molecule has 0 spiro atoms. The Hall–Kier alpha value is -3.27. The Morgan fingerprint density at radius 1 is 1.04 bits per heavy atom. The van der Waals surface area contributed by atoms with Crippen molar-refractivity contribution in [2.45, 2.75) is 6.61 Å². The third-order valence-electron chi connectivity index (χ3n) is 3.57. The minimum Gasteiger partial charge on any atom is -0.489 e. The second kappa shape index (κ2) is 8.02. The van der Waals surface area contributed by atoms with E-state index in [9.17, 15) is 9.18 Å². The average Bonchev–Trinajstić information content (AvgIpc) is 2.67. The molecule has 2 aromatic carbocycles. The van der Waals surface area contributed by atoms with Crippen molar-refractivity contribution in [2.24, 2.45) is 0 Å². The minimum atomic E-state index is -0.269. The fourth-order valence-electron chi connectivity index (χ4n) is 2.24. The molecule has 3 aromatic rings. The van der Waals surface area contributed by atoms with Gasteiger partial charge in [-0.15, -0.1) is 0 Å². The smallest absolute Gasteiger partial charge is 0.185 e. The largest absolute Gasteiger partial charge is 0.489 e. The van der Waals surface area contributed by atoms with Crippen LogP contribution in [0.1, 0.15) is 21.5 Å². The van der Waals surface area contributed by atoms with Crippen LogP contribution in [0.25, 0.3) is 6.08 Å². The summed E-state index contributed by atoms with van der Waals surface area (Å²) in [6.07, 6.45) is 6.44. The second-order valence-corrected chi connectivity index (χ2v) is 5.42. The predicted octanol–water partition coefficient (Wildman–Crippen LogP) is 4.70. The van der Waals surface area contributed by atoms with E-state index in [1.807, 2.05) is 24.3 Å². The van der Waals surface area contributed by atoms with Crippen LogP contribution in [-0.2, 0) is 6.61 Å². The number of hydrogen-bond donors (Lipinski definition) is 0. The van der Waals surface area contributed by atoms with E-state index in [1.165, 1.54) is 18.2 Å². The normalized spacial score (nSPS) is 10.8. The second-order valence-electron chi connectivity index (χ2n) is 5.42. The molecule has 25 heavy (non-hydrogen) atoms. The summed E-state index contributed by atoms with van der Waals surface area (Å²) in [6.45, 7) is 0.351. The van der Waals surface area contributed by atoms with Gasteiger partial charge in [0.25, 0.3) is 0 Å². The first kappa shape index (κ1) is 16.6. The van der Waals surface area contributed by atoms with Crippen LogP contribution in [0.3, 0.4) is 0 Å². The standard InChI is InChI=1S/C21H16FNO2/c22-19-7-4-17(5-8-19)15-25-20-3-1-2-16(14-20)6-9-21(24)18-10-12-23-13-11-18/h1-14H,15H2/b9-6+. The first-order chi connectivity index (χ1) is 12.2. The first-order valence-corrected chi connectivity index (χ1v) is 7.80. The summed E-state index contributed by atoms with van der Waals surface area (Å²) in [7, 11) is 0. The molecule has 3 rings (SSSR count). The molecule has 0 aliphatic carbocycles. The molecule has 0 aliphatic heterocycles. The molecular weight excluding hydrogens is 317 g/mol. The van der Waals surface area contributed by atoms with Crippen LogP contribution in [-0.4, -0.2) is 10.8 Å². The molecular formula is C21H16FNO2. The molecule has 0 N–H and O–H groups in total. The molecule has 1 heterocycles. The Bertz CT molecular complexity index is 874. The van der Waals surface area contributed by atoms with Crippen molar-refractivity contribution in [3.05, 3.63) is 102 Å². The van der Waals surface area contributed by atoms with Crippen LogP contribution >= 0.6 is 0 Å². The molecule has 0 radical (unpaired) electrons. The van der Waals surface area contributed by atoms with Crippen molar-refractivity contribution in [1.29, 1.82) is 0 Å². The number of pyridine rings is 1. The Morgan fingerprint density at radius 2 is 1.80 bits per heavy atom. The SMILES string of the molecule is O=C(/C=C/c1cccc(OCc2ccc(F)cc2)c1)c1ccncc1. The highest BCUT2D eigenvalue weighted by Gasteiger charge is 2.01. The molecule has 3 nitrogen and oxygen atoms in total. The van der Waals surface area contributed by atoms with Gasteiger partial charge >= 0.3 is 0 Å². The Morgan fingerprint density at radius 3 is 2.56 bits per heavy atom. The summed E-state index contributed by atoms with van der Waals surface area (Å²) in [6, 6.07) is 17.0. The van der Waals surface area contributed by atoms with Crippen LogP contribution in [0.2, 0.25) is 0 Å². The van der Waals surface area contributed by atoms with Crippen molar-refractivity contribution in [3.63, 3.8) is 0 Å².